The highest BCUT2D eigenvalue weighted by Gasteiger charge is 2.40. The number of aliphatic hydroxyl groups excluding tert-OH is 1. The van der Waals surface area contributed by atoms with Gasteiger partial charge in [-0.25, -0.2) is 9.37 Å². The molecular weight excluding hydrogens is 359 g/mol. The number of halogens is 1. The largest absolute Gasteiger partial charge is 0.513 e. The lowest BCUT2D eigenvalue weighted by molar-refractivity contribution is 0.114. The van der Waals surface area contributed by atoms with E-state index in [4.69, 9.17) is 9.47 Å². The van der Waals surface area contributed by atoms with E-state index < -0.39 is 5.82 Å². The van der Waals surface area contributed by atoms with Crippen molar-refractivity contribution >= 4 is 0 Å². The van der Waals surface area contributed by atoms with Gasteiger partial charge in [0.25, 0.3) is 0 Å². The Labute approximate surface area is 164 Å². The molecule has 2 aliphatic rings. The Hall–Kier alpha value is -2.63. The lowest BCUT2D eigenvalue weighted by Crippen LogP contribution is -2.25. The number of rotatable bonds is 7. The molecule has 0 bridgehead atoms. The summed E-state index contributed by atoms with van der Waals surface area (Å²) >= 11 is 0. The Morgan fingerprint density at radius 3 is 2.64 bits per heavy atom. The number of benzene rings is 1. The average molecular weight is 384 g/mol. The normalized spacial score (nSPS) is 21.1. The highest BCUT2D eigenvalue weighted by Crippen LogP contribution is 2.43. The zero-order valence-corrected chi connectivity index (χ0v) is 16.2. The quantitative estimate of drug-likeness (QED) is 0.687. The molecule has 0 saturated heterocycles. The van der Waals surface area contributed by atoms with Crippen molar-refractivity contribution in [2.75, 3.05) is 6.61 Å². The lowest BCUT2D eigenvalue weighted by Gasteiger charge is -2.25. The minimum atomic E-state index is -0.443. The summed E-state index contributed by atoms with van der Waals surface area (Å²) < 4.78 is 26.3. The first-order valence-corrected chi connectivity index (χ1v) is 9.74. The van der Waals surface area contributed by atoms with Crippen molar-refractivity contribution < 1.29 is 19.0 Å². The number of aromatic nitrogens is 2. The van der Waals surface area contributed by atoms with E-state index in [-0.39, 0.29) is 29.4 Å². The van der Waals surface area contributed by atoms with Crippen LogP contribution in [0.15, 0.2) is 30.5 Å². The number of nitrogens with zero attached hydrogens (tertiary/aromatic N) is 2. The number of aliphatic hydroxyl groups is 1. The highest BCUT2D eigenvalue weighted by atomic mass is 19.1. The maximum absolute atomic E-state index is 14.7. The van der Waals surface area contributed by atoms with Crippen LogP contribution in [-0.2, 0) is 0 Å². The topological polar surface area (TPSA) is 64.5 Å². The molecule has 28 heavy (non-hydrogen) atoms. The lowest BCUT2D eigenvalue weighted by atomic mass is 9.96. The van der Waals surface area contributed by atoms with E-state index >= 15 is 0 Å². The Morgan fingerprint density at radius 1 is 1.25 bits per heavy atom. The first kappa shape index (κ1) is 18.7. The molecule has 6 heteroatoms. The smallest absolute Gasteiger partial charge is 0.217 e. The van der Waals surface area contributed by atoms with Crippen LogP contribution in [0.2, 0.25) is 0 Å². The first-order valence-electron chi connectivity index (χ1n) is 9.74. The van der Waals surface area contributed by atoms with Crippen molar-refractivity contribution in [2.45, 2.75) is 45.6 Å². The number of hydrogen-bond donors (Lipinski definition) is 1. The van der Waals surface area contributed by atoms with Gasteiger partial charge >= 0.3 is 0 Å². The fourth-order valence-corrected chi connectivity index (χ4v) is 3.46. The van der Waals surface area contributed by atoms with Crippen LogP contribution >= 0.6 is 0 Å². The van der Waals surface area contributed by atoms with Crippen LogP contribution in [0.25, 0.3) is 11.4 Å². The maximum atomic E-state index is 14.7. The Balaban J connectivity index is 1.51. The second-order valence-electron chi connectivity index (χ2n) is 7.85. The zero-order chi connectivity index (χ0) is 19.8. The summed E-state index contributed by atoms with van der Waals surface area (Å²) in [5, 5.41) is 9.40. The van der Waals surface area contributed by atoms with Gasteiger partial charge in [0.05, 0.1) is 12.4 Å². The molecule has 2 atom stereocenters. The molecule has 1 aromatic heterocycles. The first-order chi connectivity index (χ1) is 13.4. The molecule has 4 rings (SSSR count). The van der Waals surface area contributed by atoms with E-state index in [1.807, 2.05) is 19.1 Å². The van der Waals surface area contributed by atoms with Gasteiger partial charge in [-0.3, -0.25) is 0 Å². The van der Waals surface area contributed by atoms with Crippen LogP contribution < -0.4 is 9.47 Å². The molecule has 1 aromatic carbocycles. The molecule has 0 spiro atoms. The average Bonchev–Trinajstić information content (AvgIpc) is 3.37. The van der Waals surface area contributed by atoms with E-state index in [1.54, 1.807) is 6.92 Å². The van der Waals surface area contributed by atoms with Crippen molar-refractivity contribution in [3.05, 3.63) is 47.6 Å². The number of ether oxygens (including phenoxy) is 2. The predicted octanol–water partition coefficient (Wildman–Crippen LogP) is 4.92. The van der Waals surface area contributed by atoms with Gasteiger partial charge in [0, 0.05) is 29.2 Å². The van der Waals surface area contributed by atoms with Crippen molar-refractivity contribution in [2.24, 2.45) is 11.8 Å². The Kier molecular flexibility index (Phi) is 4.96. The fraction of sp³-hybridized carbons (Fsp3) is 0.455. The van der Waals surface area contributed by atoms with Crippen molar-refractivity contribution in [1.82, 2.24) is 9.97 Å². The maximum Gasteiger partial charge on any atom is 0.217 e. The van der Waals surface area contributed by atoms with Crippen molar-refractivity contribution in [3.8, 4) is 23.0 Å². The van der Waals surface area contributed by atoms with E-state index in [0.717, 1.165) is 25.0 Å². The SMILES string of the molecule is C=C(O)C1CC1COc1c(C)cc(-c2nc(C)cc(OC3CCC3)n2)cc1F. The third-order valence-electron chi connectivity index (χ3n) is 5.45. The molecule has 2 aliphatic carbocycles. The number of allylic oxidation sites excluding steroid dienone is 1. The summed E-state index contributed by atoms with van der Waals surface area (Å²) in [6.45, 7) is 7.59. The second kappa shape index (κ2) is 7.41. The minimum absolute atomic E-state index is 0.0671. The minimum Gasteiger partial charge on any atom is -0.513 e. The van der Waals surface area contributed by atoms with E-state index in [1.165, 1.54) is 12.5 Å². The molecule has 2 saturated carbocycles. The number of hydrogen-bond acceptors (Lipinski definition) is 5. The monoisotopic (exact) mass is 384 g/mol. The summed E-state index contributed by atoms with van der Waals surface area (Å²) in [5.41, 5.74) is 2.06. The summed E-state index contributed by atoms with van der Waals surface area (Å²) in [6, 6.07) is 5.04. The third-order valence-corrected chi connectivity index (χ3v) is 5.45. The summed E-state index contributed by atoms with van der Waals surface area (Å²) in [7, 11) is 0. The second-order valence-corrected chi connectivity index (χ2v) is 7.85. The molecule has 0 amide bonds. The van der Waals surface area contributed by atoms with Gasteiger partial charge in [-0.15, -0.1) is 0 Å². The highest BCUT2D eigenvalue weighted by molar-refractivity contribution is 5.59. The van der Waals surface area contributed by atoms with Gasteiger partial charge in [-0.2, -0.15) is 4.98 Å². The Bertz CT molecular complexity index is 888. The summed E-state index contributed by atoms with van der Waals surface area (Å²) in [5.74, 6) is 1.21. The standard InChI is InChI=1S/C22H25FN2O3/c1-12-7-15(10-19(23)21(12)27-11-16-9-18(16)14(3)26)22-24-13(2)8-20(25-22)28-17-5-4-6-17/h7-8,10,16-18,26H,3-6,9,11H2,1-2H3. The van der Waals surface area contributed by atoms with Crippen LogP contribution in [-0.4, -0.2) is 27.8 Å². The summed E-state index contributed by atoms with van der Waals surface area (Å²) in [4.78, 5) is 8.92. The molecule has 1 heterocycles. The van der Waals surface area contributed by atoms with Gasteiger partial charge in [-0.05, 0) is 57.2 Å². The third kappa shape index (κ3) is 3.96. The molecule has 2 fully saturated rings. The van der Waals surface area contributed by atoms with Crippen LogP contribution in [0.3, 0.4) is 0 Å². The Morgan fingerprint density at radius 2 is 2.04 bits per heavy atom. The number of aryl methyl sites for hydroxylation is 2. The molecule has 0 aliphatic heterocycles. The van der Waals surface area contributed by atoms with Gasteiger partial charge in [0.15, 0.2) is 17.4 Å². The van der Waals surface area contributed by atoms with E-state index in [2.05, 4.69) is 16.5 Å². The molecule has 148 valence electrons. The predicted molar refractivity (Wildman–Crippen MR) is 104 cm³/mol. The van der Waals surface area contributed by atoms with Gasteiger partial charge in [0.1, 0.15) is 6.10 Å². The van der Waals surface area contributed by atoms with Crippen molar-refractivity contribution in [3.63, 3.8) is 0 Å². The molecule has 2 unspecified atom stereocenters. The van der Waals surface area contributed by atoms with E-state index in [0.29, 0.717) is 29.4 Å². The van der Waals surface area contributed by atoms with Gasteiger partial charge < -0.3 is 14.6 Å². The fourth-order valence-electron chi connectivity index (χ4n) is 3.46. The van der Waals surface area contributed by atoms with Gasteiger partial charge in [0.2, 0.25) is 5.88 Å². The van der Waals surface area contributed by atoms with Gasteiger partial charge in [-0.1, -0.05) is 6.58 Å². The summed E-state index contributed by atoms with van der Waals surface area (Å²) in [6.07, 6.45) is 4.32. The molecule has 0 radical (unpaired) electrons. The van der Waals surface area contributed by atoms with Crippen LogP contribution in [0.5, 0.6) is 11.6 Å². The molecule has 5 nitrogen and oxygen atoms in total. The van der Waals surface area contributed by atoms with Crippen LogP contribution in [0, 0.1) is 31.5 Å². The molecular formula is C22H25FN2O3. The van der Waals surface area contributed by atoms with Crippen LogP contribution in [0.1, 0.15) is 36.9 Å². The molecule has 2 aromatic rings. The zero-order valence-electron chi connectivity index (χ0n) is 16.2. The van der Waals surface area contributed by atoms with Crippen LogP contribution in [0.4, 0.5) is 4.39 Å². The van der Waals surface area contributed by atoms with Crippen molar-refractivity contribution in [1.29, 1.82) is 0 Å². The molecule has 1 N–H and O–H groups in total. The van der Waals surface area contributed by atoms with E-state index in [9.17, 15) is 9.50 Å².